The Hall–Kier alpha value is -0.610. The number of ether oxygens (including phenoxy) is 1. The van der Waals surface area contributed by atoms with Crippen LogP contribution in [-0.4, -0.2) is 42.6 Å². The Bertz CT molecular complexity index is 234. The summed E-state index contributed by atoms with van der Waals surface area (Å²) in [6, 6.07) is -0.0441. The molecule has 0 aliphatic carbocycles. The van der Waals surface area contributed by atoms with Crippen LogP contribution >= 0.6 is 0 Å². The molecule has 2 N–H and O–H groups in total. The SMILES string of the molecule is CC(C)COC1CCN(C(=O)CC(C)N)CC1. The van der Waals surface area contributed by atoms with Gasteiger partial charge in [-0.3, -0.25) is 4.79 Å². The summed E-state index contributed by atoms with van der Waals surface area (Å²) in [5.74, 6) is 0.759. The van der Waals surface area contributed by atoms with Crippen molar-refractivity contribution in [2.45, 2.75) is 52.2 Å². The van der Waals surface area contributed by atoms with Crippen molar-refractivity contribution in [3.05, 3.63) is 0 Å². The zero-order valence-corrected chi connectivity index (χ0v) is 11.3. The van der Waals surface area contributed by atoms with E-state index >= 15 is 0 Å². The second kappa shape index (κ2) is 6.97. The molecule has 17 heavy (non-hydrogen) atoms. The van der Waals surface area contributed by atoms with Gasteiger partial charge in [0.25, 0.3) is 0 Å². The van der Waals surface area contributed by atoms with Crippen molar-refractivity contribution < 1.29 is 9.53 Å². The van der Waals surface area contributed by atoms with Crippen molar-refractivity contribution in [3.63, 3.8) is 0 Å². The zero-order valence-electron chi connectivity index (χ0n) is 11.3. The minimum atomic E-state index is -0.0441. The Morgan fingerprint density at radius 1 is 1.35 bits per heavy atom. The van der Waals surface area contributed by atoms with Crippen molar-refractivity contribution in [2.75, 3.05) is 19.7 Å². The lowest BCUT2D eigenvalue weighted by molar-refractivity contribution is -0.134. The van der Waals surface area contributed by atoms with Crippen LogP contribution in [0.5, 0.6) is 0 Å². The molecule has 0 aromatic heterocycles. The third-order valence-electron chi connectivity index (χ3n) is 2.96. The highest BCUT2D eigenvalue weighted by Crippen LogP contribution is 2.15. The maximum atomic E-state index is 11.8. The summed E-state index contributed by atoms with van der Waals surface area (Å²) >= 11 is 0. The molecule has 1 fully saturated rings. The van der Waals surface area contributed by atoms with Crippen LogP contribution in [0.25, 0.3) is 0 Å². The predicted octanol–water partition coefficient (Wildman–Crippen LogP) is 1.39. The zero-order chi connectivity index (χ0) is 12.8. The Morgan fingerprint density at radius 3 is 2.41 bits per heavy atom. The molecular formula is C13H26N2O2. The van der Waals surface area contributed by atoms with Crippen LogP contribution in [0.1, 0.15) is 40.0 Å². The first-order valence-corrected chi connectivity index (χ1v) is 6.64. The van der Waals surface area contributed by atoms with Gasteiger partial charge in [-0.2, -0.15) is 0 Å². The molecule has 4 nitrogen and oxygen atoms in total. The first kappa shape index (κ1) is 14.5. The van der Waals surface area contributed by atoms with E-state index in [4.69, 9.17) is 10.5 Å². The van der Waals surface area contributed by atoms with Crippen LogP contribution in [0.15, 0.2) is 0 Å². The first-order chi connectivity index (χ1) is 7.99. The number of nitrogens with two attached hydrogens (primary N) is 1. The quantitative estimate of drug-likeness (QED) is 0.792. The summed E-state index contributed by atoms with van der Waals surface area (Å²) in [7, 11) is 0. The molecule has 1 rings (SSSR count). The third kappa shape index (κ3) is 5.50. The van der Waals surface area contributed by atoms with E-state index in [2.05, 4.69) is 13.8 Å². The van der Waals surface area contributed by atoms with Crippen molar-refractivity contribution in [1.29, 1.82) is 0 Å². The lowest BCUT2D eigenvalue weighted by atomic mass is 10.1. The normalized spacial score (nSPS) is 19.7. The Morgan fingerprint density at radius 2 is 1.94 bits per heavy atom. The Labute approximate surface area is 104 Å². The van der Waals surface area contributed by atoms with Crippen LogP contribution in [0, 0.1) is 5.92 Å². The van der Waals surface area contributed by atoms with Crippen LogP contribution in [0.2, 0.25) is 0 Å². The van der Waals surface area contributed by atoms with Gasteiger partial charge in [0, 0.05) is 32.2 Å². The fourth-order valence-corrected chi connectivity index (χ4v) is 2.00. The van der Waals surface area contributed by atoms with Gasteiger partial charge < -0.3 is 15.4 Å². The highest BCUT2D eigenvalue weighted by atomic mass is 16.5. The standard InChI is InChI=1S/C13H26N2O2/c1-10(2)9-17-12-4-6-15(7-5-12)13(16)8-11(3)14/h10-12H,4-9,14H2,1-3H3. The van der Waals surface area contributed by atoms with Gasteiger partial charge in [0.05, 0.1) is 6.10 Å². The van der Waals surface area contributed by atoms with Crippen molar-refractivity contribution >= 4 is 5.91 Å². The van der Waals surface area contributed by atoms with Crippen LogP contribution in [0.4, 0.5) is 0 Å². The molecule has 1 aliphatic rings. The maximum absolute atomic E-state index is 11.8. The molecule has 1 atom stereocenters. The summed E-state index contributed by atoms with van der Waals surface area (Å²) in [6.45, 7) is 8.63. The van der Waals surface area contributed by atoms with Crippen molar-refractivity contribution in [2.24, 2.45) is 11.7 Å². The van der Waals surface area contributed by atoms with E-state index in [1.165, 1.54) is 0 Å². The smallest absolute Gasteiger partial charge is 0.224 e. The fourth-order valence-electron chi connectivity index (χ4n) is 2.00. The van der Waals surface area contributed by atoms with Gasteiger partial charge >= 0.3 is 0 Å². The highest BCUT2D eigenvalue weighted by Gasteiger charge is 2.23. The third-order valence-corrected chi connectivity index (χ3v) is 2.96. The molecule has 0 aromatic rings. The largest absolute Gasteiger partial charge is 0.378 e. The van der Waals surface area contributed by atoms with Crippen molar-refractivity contribution in [3.8, 4) is 0 Å². The molecule has 0 radical (unpaired) electrons. The Balaban J connectivity index is 2.23. The monoisotopic (exact) mass is 242 g/mol. The maximum Gasteiger partial charge on any atom is 0.224 e. The topological polar surface area (TPSA) is 55.6 Å². The number of nitrogens with zero attached hydrogens (tertiary/aromatic N) is 1. The molecule has 1 heterocycles. The van der Waals surface area contributed by atoms with Gasteiger partial charge in [-0.25, -0.2) is 0 Å². The molecule has 100 valence electrons. The number of likely N-dealkylation sites (tertiary alicyclic amines) is 1. The molecule has 1 saturated heterocycles. The van der Waals surface area contributed by atoms with Gasteiger partial charge in [-0.05, 0) is 25.7 Å². The summed E-state index contributed by atoms with van der Waals surface area (Å²) in [5, 5.41) is 0. The number of piperidine rings is 1. The molecule has 4 heteroatoms. The average Bonchev–Trinajstić information content (AvgIpc) is 2.26. The van der Waals surface area contributed by atoms with E-state index in [9.17, 15) is 4.79 Å². The van der Waals surface area contributed by atoms with E-state index in [0.717, 1.165) is 32.5 Å². The molecule has 1 aliphatic heterocycles. The van der Waals surface area contributed by atoms with E-state index in [1.807, 2.05) is 11.8 Å². The number of amides is 1. The predicted molar refractivity (Wildman–Crippen MR) is 68.7 cm³/mol. The van der Waals surface area contributed by atoms with E-state index < -0.39 is 0 Å². The number of carbonyl (C=O) groups is 1. The van der Waals surface area contributed by atoms with E-state index in [1.54, 1.807) is 0 Å². The van der Waals surface area contributed by atoms with Gasteiger partial charge in [-0.1, -0.05) is 13.8 Å². The second-order valence-corrected chi connectivity index (χ2v) is 5.49. The van der Waals surface area contributed by atoms with Gasteiger partial charge in [0.15, 0.2) is 0 Å². The fraction of sp³-hybridized carbons (Fsp3) is 0.923. The second-order valence-electron chi connectivity index (χ2n) is 5.49. The summed E-state index contributed by atoms with van der Waals surface area (Å²) in [5.41, 5.74) is 5.64. The van der Waals surface area contributed by atoms with Gasteiger partial charge in [0.1, 0.15) is 0 Å². The number of carbonyl (C=O) groups excluding carboxylic acids is 1. The van der Waals surface area contributed by atoms with E-state index in [-0.39, 0.29) is 11.9 Å². The minimum absolute atomic E-state index is 0.0441. The summed E-state index contributed by atoms with van der Waals surface area (Å²) in [6.07, 6.45) is 2.70. The number of hydrogen-bond acceptors (Lipinski definition) is 3. The molecule has 0 saturated carbocycles. The van der Waals surface area contributed by atoms with E-state index in [0.29, 0.717) is 18.4 Å². The molecule has 0 spiro atoms. The molecule has 1 amide bonds. The number of rotatable bonds is 5. The van der Waals surface area contributed by atoms with Crippen LogP contribution in [0.3, 0.4) is 0 Å². The molecule has 0 aromatic carbocycles. The van der Waals surface area contributed by atoms with Crippen LogP contribution in [-0.2, 0) is 9.53 Å². The lowest BCUT2D eigenvalue weighted by Crippen LogP contribution is -2.42. The highest BCUT2D eigenvalue weighted by molar-refractivity contribution is 5.76. The summed E-state index contributed by atoms with van der Waals surface area (Å²) in [4.78, 5) is 13.7. The van der Waals surface area contributed by atoms with Gasteiger partial charge in [0.2, 0.25) is 5.91 Å². The van der Waals surface area contributed by atoms with Gasteiger partial charge in [-0.15, -0.1) is 0 Å². The molecule has 1 unspecified atom stereocenters. The lowest BCUT2D eigenvalue weighted by Gasteiger charge is -2.32. The average molecular weight is 242 g/mol. The Kier molecular flexibility index (Phi) is 5.92. The summed E-state index contributed by atoms with van der Waals surface area (Å²) < 4.78 is 5.79. The first-order valence-electron chi connectivity index (χ1n) is 6.64. The molecular weight excluding hydrogens is 216 g/mol. The number of hydrogen-bond donors (Lipinski definition) is 1. The molecule has 0 bridgehead atoms. The van der Waals surface area contributed by atoms with Crippen LogP contribution < -0.4 is 5.73 Å². The minimum Gasteiger partial charge on any atom is -0.378 e. The van der Waals surface area contributed by atoms with Crippen molar-refractivity contribution in [1.82, 2.24) is 4.90 Å².